The topological polar surface area (TPSA) is 376 Å². The fraction of sp³-hybridized carbons (Fsp3) is 0.400. The van der Waals surface area contributed by atoms with E-state index in [-0.39, 0.29) is 106 Å². The van der Waals surface area contributed by atoms with Gasteiger partial charge >= 0.3 is 6.18 Å². The Kier molecular flexibility index (Phi) is 35.5. The number of rotatable bonds is 26. The van der Waals surface area contributed by atoms with Crippen molar-refractivity contribution in [2.45, 2.75) is 202 Å². The number of para-hydroxylation sites is 3. The molecule has 0 spiro atoms. The summed E-state index contributed by atoms with van der Waals surface area (Å²) < 4.78 is 199. The second kappa shape index (κ2) is 45.6. The number of sulfonamides is 5. The highest BCUT2D eigenvalue weighted by atomic mass is 35.5. The van der Waals surface area contributed by atoms with Gasteiger partial charge < -0.3 is 47.3 Å². The lowest BCUT2D eigenvalue weighted by Crippen LogP contribution is -2.30. The number of aromatic nitrogens is 6. The lowest BCUT2D eigenvalue weighted by Gasteiger charge is -2.19. The molecule has 4 amide bonds. The molecule has 4 aliphatic rings. The van der Waals surface area contributed by atoms with Gasteiger partial charge in [-0.15, -0.1) is 11.8 Å². The fourth-order valence-electron chi connectivity index (χ4n) is 16.8. The summed E-state index contributed by atoms with van der Waals surface area (Å²) in [7, 11) is -12.2. The molecule has 4 aliphatic heterocycles. The number of likely N-dealkylation sites (tertiary alicyclic amines) is 4. The molecule has 0 saturated carbocycles. The monoisotopic (exact) mass is 2080 g/mol. The van der Waals surface area contributed by atoms with E-state index >= 15 is 0 Å². The normalized spacial score (nSPS) is 14.1. The first-order valence-electron chi connectivity index (χ1n) is 46.1. The van der Waals surface area contributed by atoms with E-state index in [0.29, 0.717) is 137 Å². The molecule has 760 valence electrons. The number of hydrogen-bond donors (Lipinski definition) is 5. The number of aryl methyl sites for hydroxylation is 2. The number of alkyl halides is 3. The van der Waals surface area contributed by atoms with Gasteiger partial charge in [0.15, 0.2) is 6.61 Å². The lowest BCUT2D eigenvalue weighted by molar-refractivity contribution is -0.154. The minimum Gasteiger partial charge on any atom is -0.478 e. The zero-order chi connectivity index (χ0) is 104. The SMILES string of the molecule is CCOc1cc(OCC(F)(F)F)nc(CSc2ccc(NS(=O)(=O)c3ccc(C(C)(C)C)cc3)cc2)n1.Cc1c(C(=O)N2CCCC2)c(S(=O)(=O)Nc2ccccc2)c(C)n1C.Cc1c(Cl)cccc1NS(=O)(=O)c1c(C(=O)N2CCCC2)c(C)n(C)c1C.Cc1ccccc1NS(=O)(=O)c1c(C(=O)N2CCCC2)c(C)n(C)c1C.Cc1ccccc1NS(=O)(=O)c1c(C(=O)N2CCCC2)c(C)n(C)c1C. The van der Waals surface area contributed by atoms with Crippen molar-refractivity contribution in [2.24, 2.45) is 28.2 Å². The van der Waals surface area contributed by atoms with Crippen LogP contribution in [0.4, 0.5) is 41.6 Å². The van der Waals surface area contributed by atoms with Crippen LogP contribution in [-0.4, -0.2) is 185 Å². The van der Waals surface area contributed by atoms with Gasteiger partial charge in [-0.05, 0) is 235 Å². The number of benzene rings is 6. The molecule has 4 saturated heterocycles. The van der Waals surface area contributed by atoms with Crippen LogP contribution in [0.3, 0.4) is 0 Å². The summed E-state index contributed by atoms with van der Waals surface area (Å²) in [5.41, 5.74) is 11.5. The Morgan fingerprint density at radius 3 is 1.06 bits per heavy atom. The van der Waals surface area contributed by atoms with Crippen molar-refractivity contribution in [2.75, 3.05) is 89.2 Å². The molecule has 31 nitrogen and oxygen atoms in total. The molecule has 41 heteroatoms. The number of nitrogens with one attached hydrogen (secondary N) is 5. The van der Waals surface area contributed by atoms with Crippen LogP contribution in [0, 0.1) is 76.2 Å². The third kappa shape index (κ3) is 26.2. The summed E-state index contributed by atoms with van der Waals surface area (Å²) in [4.78, 5) is 68.5. The second-order valence-electron chi connectivity index (χ2n) is 36.1. The van der Waals surface area contributed by atoms with Crippen LogP contribution in [0.25, 0.3) is 0 Å². The van der Waals surface area contributed by atoms with Gasteiger partial charge in [-0.25, -0.2) is 42.1 Å². The molecular formula is C100H125ClF3N15O16S6. The molecule has 5 N–H and O–H groups in total. The zero-order valence-electron chi connectivity index (χ0n) is 82.8. The van der Waals surface area contributed by atoms with Crippen molar-refractivity contribution >= 4 is 126 Å². The van der Waals surface area contributed by atoms with E-state index in [1.54, 1.807) is 251 Å². The molecule has 0 atom stereocenters. The van der Waals surface area contributed by atoms with Gasteiger partial charge in [0.2, 0.25) is 11.8 Å². The second-order valence-corrected chi connectivity index (χ2v) is 45.7. The largest absolute Gasteiger partial charge is 0.478 e. The number of nitrogens with zero attached hydrogens (tertiary/aromatic N) is 10. The number of amides is 4. The predicted octanol–water partition coefficient (Wildman–Crippen LogP) is 18.5. The number of hydrogen-bond acceptors (Lipinski definition) is 19. The molecule has 6 aromatic carbocycles. The van der Waals surface area contributed by atoms with Crippen molar-refractivity contribution in [3.05, 3.63) is 253 Å². The summed E-state index contributed by atoms with van der Waals surface area (Å²) in [6, 6.07) is 42.8. The van der Waals surface area contributed by atoms with Gasteiger partial charge in [-0.2, -0.15) is 23.1 Å². The van der Waals surface area contributed by atoms with E-state index in [1.807, 2.05) is 44.2 Å². The van der Waals surface area contributed by atoms with Crippen molar-refractivity contribution < 1.29 is 83.9 Å². The quantitative estimate of drug-likeness (QED) is 0.0314. The van der Waals surface area contributed by atoms with Crippen LogP contribution in [0.15, 0.2) is 181 Å². The van der Waals surface area contributed by atoms with Gasteiger partial charge in [0.05, 0.1) is 62.6 Å². The Hall–Kier alpha value is -11.8. The molecule has 0 aliphatic carbocycles. The molecule has 0 radical (unpaired) electrons. The molecule has 9 heterocycles. The molecule has 15 rings (SSSR count). The number of anilines is 5. The molecular weight excluding hydrogens is 1950 g/mol. The molecule has 0 bridgehead atoms. The number of halogens is 4. The fourth-order valence-corrected chi connectivity index (χ4v) is 25.3. The van der Waals surface area contributed by atoms with Gasteiger partial charge in [0, 0.05) is 147 Å². The first-order valence-corrected chi connectivity index (χ1v) is 54.9. The number of carbonyl (C=O) groups excluding carboxylic acids is 4. The van der Waals surface area contributed by atoms with Crippen LogP contribution in [-0.2, 0) is 89.5 Å². The average molecular weight is 2080 g/mol. The van der Waals surface area contributed by atoms with Crippen LogP contribution < -0.4 is 33.1 Å². The Morgan fingerprint density at radius 1 is 0.390 bits per heavy atom. The first kappa shape index (κ1) is 110. The standard InChI is InChI=1S/C25H28F3N3O4S2.C19H24ClN3O3S.2C19H25N3O3S.C18H23N3O3S/c1-5-34-22-14-23(35-16-25(26,27)28)30-21(29-22)15-36-19-10-8-18(9-11-19)31-37(32,33)20-12-6-17(7-13-20)24(2,3)4;1-12-15(20)8-7-9-16(12)21-27(25,26)18-14(3)22(4)13(2)17(18)19(24)23-10-5-6-11-23;2*1-13-9-5-6-10-16(13)20-26(24,25)18-15(3)21(4)14(2)17(18)19(23)22-11-7-8-12-22;1-13-16(18(22)21-11-7-8-12-21)17(14(2)20(13)3)25(23,24)19-15-9-5-4-6-10-15/h6-14,31H,5,15-16H2,1-4H3;7-9,21H,5-6,10-11H2,1-4H3;2*5-6,9-10,20H,7-8,11-12H2,1-4H3;4-6,9-10,19H,7-8,11-12H2,1-3H3. The van der Waals surface area contributed by atoms with E-state index in [0.717, 1.165) is 73.0 Å². The van der Waals surface area contributed by atoms with Crippen LogP contribution in [0.2, 0.25) is 5.02 Å². The molecule has 0 unspecified atom stereocenters. The Labute approximate surface area is 835 Å². The van der Waals surface area contributed by atoms with Crippen molar-refractivity contribution in [3.63, 3.8) is 0 Å². The summed E-state index contributed by atoms with van der Waals surface area (Å²) in [5, 5.41) is 0.476. The van der Waals surface area contributed by atoms with Crippen molar-refractivity contribution in [3.8, 4) is 11.8 Å². The summed E-state index contributed by atoms with van der Waals surface area (Å²) in [6.45, 7) is 31.6. The van der Waals surface area contributed by atoms with E-state index in [1.165, 1.54) is 17.8 Å². The third-order valence-electron chi connectivity index (χ3n) is 25.4. The molecule has 141 heavy (non-hydrogen) atoms. The molecule has 5 aromatic heterocycles. The lowest BCUT2D eigenvalue weighted by atomic mass is 9.87. The van der Waals surface area contributed by atoms with E-state index in [9.17, 15) is 74.4 Å². The summed E-state index contributed by atoms with van der Waals surface area (Å²) >= 11 is 7.44. The maximum absolute atomic E-state index is 13.3. The number of thioether (sulfide) groups is 1. The minimum absolute atomic E-state index is 0.0405. The summed E-state index contributed by atoms with van der Waals surface area (Å²) in [5.74, 6) is -0.477. The molecule has 11 aromatic rings. The van der Waals surface area contributed by atoms with E-state index in [2.05, 4.69) is 54.3 Å². The number of ether oxygens (including phenoxy) is 2. The summed E-state index contributed by atoms with van der Waals surface area (Å²) in [6.07, 6.45) is 3.14. The zero-order valence-corrected chi connectivity index (χ0v) is 88.5. The number of carbonyl (C=O) groups is 4. The first-order chi connectivity index (χ1) is 66.2. The third-order valence-corrected chi connectivity index (χ3v) is 34.4. The van der Waals surface area contributed by atoms with Crippen LogP contribution in [0.5, 0.6) is 11.8 Å². The van der Waals surface area contributed by atoms with E-state index in [4.69, 9.17) is 21.1 Å². The van der Waals surface area contributed by atoms with Gasteiger partial charge in [-0.3, -0.25) is 42.8 Å². The Balaban J connectivity index is 0.000000170. The minimum atomic E-state index is -4.50. The Bertz CT molecular complexity index is 6890. The highest BCUT2D eigenvalue weighted by Gasteiger charge is 2.40. The smallest absolute Gasteiger partial charge is 0.422 e. The van der Waals surface area contributed by atoms with Crippen LogP contribution in [0.1, 0.15) is 194 Å². The van der Waals surface area contributed by atoms with Crippen LogP contribution >= 0.6 is 23.4 Å². The van der Waals surface area contributed by atoms with Crippen molar-refractivity contribution in [1.29, 1.82) is 0 Å². The highest BCUT2D eigenvalue weighted by molar-refractivity contribution is 7.98. The average Bonchev–Trinajstić information content (AvgIpc) is 1.62. The van der Waals surface area contributed by atoms with E-state index < -0.39 is 62.9 Å². The molecule has 4 fully saturated rings. The van der Waals surface area contributed by atoms with Gasteiger partial charge in [0.1, 0.15) is 25.4 Å². The highest BCUT2D eigenvalue weighted by Crippen LogP contribution is 2.39. The Morgan fingerprint density at radius 2 is 0.709 bits per heavy atom. The van der Waals surface area contributed by atoms with Crippen molar-refractivity contribution in [1.82, 2.24) is 47.8 Å². The predicted molar refractivity (Wildman–Crippen MR) is 545 cm³/mol. The maximum atomic E-state index is 13.3. The van der Waals surface area contributed by atoms with Gasteiger partial charge in [0.25, 0.3) is 73.7 Å². The van der Waals surface area contributed by atoms with Gasteiger partial charge in [-0.1, -0.05) is 105 Å². The maximum Gasteiger partial charge on any atom is 0.422 e.